The molecule has 0 saturated carbocycles. The van der Waals surface area contributed by atoms with Crippen LogP contribution in [0, 0.1) is 0 Å². The van der Waals surface area contributed by atoms with Gasteiger partial charge in [-0.05, 0) is 13.8 Å². The third-order valence-corrected chi connectivity index (χ3v) is 2.54. The van der Waals surface area contributed by atoms with E-state index in [0.717, 1.165) is 5.16 Å². The summed E-state index contributed by atoms with van der Waals surface area (Å²) in [5, 5.41) is 0.841. The first-order chi connectivity index (χ1) is 6.11. The predicted octanol–water partition coefficient (Wildman–Crippen LogP) is 1.04. The second kappa shape index (κ2) is 4.32. The molecule has 1 aromatic rings. The zero-order valence-corrected chi connectivity index (χ0v) is 8.54. The van der Waals surface area contributed by atoms with E-state index in [1.165, 1.54) is 11.8 Å². The van der Waals surface area contributed by atoms with Crippen LogP contribution in [0.2, 0.25) is 0 Å². The van der Waals surface area contributed by atoms with Crippen molar-refractivity contribution in [2.24, 2.45) is 5.73 Å². The molecule has 0 fully saturated rings. The number of nitrogens with two attached hydrogens (primary N) is 1. The largest absolute Gasteiger partial charge is 0.369 e. The molecule has 0 saturated heterocycles. The average Bonchev–Trinajstić information content (AvgIpc) is 2.47. The van der Waals surface area contributed by atoms with E-state index in [0.29, 0.717) is 6.04 Å². The van der Waals surface area contributed by atoms with Gasteiger partial charge in [0.1, 0.15) is 0 Å². The Balaban J connectivity index is 2.65. The molecule has 0 bridgehead atoms. The minimum absolute atomic E-state index is 0.281. The summed E-state index contributed by atoms with van der Waals surface area (Å²) in [7, 11) is 0. The summed E-state index contributed by atoms with van der Waals surface area (Å²) >= 11 is 1.37. The Bertz CT molecular complexity index is 295. The molecule has 0 aliphatic carbocycles. The molecule has 0 radical (unpaired) electrons. The van der Waals surface area contributed by atoms with Crippen molar-refractivity contribution in [3.05, 3.63) is 12.4 Å². The molecule has 0 aromatic carbocycles. The van der Waals surface area contributed by atoms with Crippen LogP contribution in [0.5, 0.6) is 0 Å². The van der Waals surface area contributed by atoms with E-state index in [4.69, 9.17) is 5.73 Å². The average molecular weight is 199 g/mol. The number of hydrogen-bond donors (Lipinski definition) is 1. The molecule has 5 heteroatoms. The zero-order valence-electron chi connectivity index (χ0n) is 7.73. The molecule has 1 amide bonds. The fourth-order valence-electron chi connectivity index (χ4n) is 0.940. The SMILES string of the molecule is CC(C)n1ccnc1SCC(N)=O. The van der Waals surface area contributed by atoms with Gasteiger partial charge in [0, 0.05) is 18.4 Å². The number of thioether (sulfide) groups is 1. The number of nitrogens with zero attached hydrogens (tertiary/aromatic N) is 2. The molecule has 1 rings (SSSR count). The standard InChI is InChI=1S/C8H13N3OS/c1-6(2)11-4-3-10-8(11)13-5-7(9)12/h3-4,6H,5H2,1-2H3,(H2,9,12). The smallest absolute Gasteiger partial charge is 0.227 e. The first kappa shape index (κ1) is 10.1. The highest BCUT2D eigenvalue weighted by atomic mass is 32.2. The molecule has 0 aliphatic rings. The summed E-state index contributed by atoms with van der Waals surface area (Å²) in [6.07, 6.45) is 3.62. The fraction of sp³-hybridized carbons (Fsp3) is 0.500. The third-order valence-electron chi connectivity index (χ3n) is 1.53. The first-order valence-electron chi connectivity index (χ1n) is 4.05. The Morgan fingerprint density at radius 3 is 3.00 bits per heavy atom. The number of imidazole rings is 1. The van der Waals surface area contributed by atoms with Gasteiger partial charge < -0.3 is 10.3 Å². The van der Waals surface area contributed by atoms with E-state index in [-0.39, 0.29) is 11.7 Å². The zero-order chi connectivity index (χ0) is 9.84. The van der Waals surface area contributed by atoms with Gasteiger partial charge in [0.05, 0.1) is 5.75 Å². The molecular formula is C8H13N3OS. The topological polar surface area (TPSA) is 60.9 Å². The van der Waals surface area contributed by atoms with Crippen LogP contribution in [0.4, 0.5) is 0 Å². The van der Waals surface area contributed by atoms with Crippen molar-refractivity contribution in [1.82, 2.24) is 9.55 Å². The summed E-state index contributed by atoms with van der Waals surface area (Å²) in [6, 6.07) is 0.359. The molecule has 13 heavy (non-hydrogen) atoms. The minimum Gasteiger partial charge on any atom is -0.369 e. The van der Waals surface area contributed by atoms with Crippen LogP contribution in [-0.4, -0.2) is 21.2 Å². The van der Waals surface area contributed by atoms with Crippen molar-refractivity contribution in [3.8, 4) is 0 Å². The highest BCUT2D eigenvalue weighted by molar-refractivity contribution is 7.99. The maximum Gasteiger partial charge on any atom is 0.227 e. The number of carbonyl (C=O) groups excluding carboxylic acids is 1. The molecule has 72 valence electrons. The van der Waals surface area contributed by atoms with Crippen LogP contribution in [0.15, 0.2) is 17.6 Å². The quantitative estimate of drug-likeness (QED) is 0.737. The molecule has 1 aromatic heterocycles. The van der Waals surface area contributed by atoms with Gasteiger partial charge in [-0.2, -0.15) is 0 Å². The van der Waals surface area contributed by atoms with Crippen LogP contribution in [0.25, 0.3) is 0 Å². The lowest BCUT2D eigenvalue weighted by Gasteiger charge is -2.09. The minimum atomic E-state index is -0.316. The van der Waals surface area contributed by atoms with Crippen molar-refractivity contribution in [1.29, 1.82) is 0 Å². The van der Waals surface area contributed by atoms with Crippen LogP contribution in [-0.2, 0) is 4.79 Å². The second-order valence-electron chi connectivity index (χ2n) is 2.97. The van der Waals surface area contributed by atoms with Gasteiger partial charge in [0.15, 0.2) is 5.16 Å². The molecule has 0 unspecified atom stereocenters. The van der Waals surface area contributed by atoms with Crippen LogP contribution in [0.3, 0.4) is 0 Å². The van der Waals surface area contributed by atoms with Crippen LogP contribution in [0.1, 0.15) is 19.9 Å². The van der Waals surface area contributed by atoms with E-state index >= 15 is 0 Å². The van der Waals surface area contributed by atoms with Gasteiger partial charge in [-0.1, -0.05) is 11.8 Å². The Morgan fingerprint density at radius 2 is 2.46 bits per heavy atom. The number of hydrogen-bond acceptors (Lipinski definition) is 3. The van der Waals surface area contributed by atoms with Crippen LogP contribution >= 0.6 is 11.8 Å². The Morgan fingerprint density at radius 1 is 1.77 bits per heavy atom. The molecule has 4 nitrogen and oxygen atoms in total. The molecule has 1 heterocycles. The lowest BCUT2D eigenvalue weighted by Crippen LogP contribution is -2.14. The second-order valence-corrected chi connectivity index (χ2v) is 3.91. The van der Waals surface area contributed by atoms with Gasteiger partial charge in [0.25, 0.3) is 0 Å². The van der Waals surface area contributed by atoms with Crippen molar-refractivity contribution in [3.63, 3.8) is 0 Å². The van der Waals surface area contributed by atoms with Gasteiger partial charge in [0.2, 0.25) is 5.91 Å². The van der Waals surface area contributed by atoms with Gasteiger partial charge in [-0.3, -0.25) is 4.79 Å². The van der Waals surface area contributed by atoms with E-state index in [2.05, 4.69) is 18.8 Å². The molecule has 0 atom stereocenters. The Hall–Kier alpha value is -0.970. The van der Waals surface area contributed by atoms with Crippen molar-refractivity contribution in [2.45, 2.75) is 25.0 Å². The summed E-state index contributed by atoms with van der Waals surface area (Å²) < 4.78 is 2.01. The maximum absolute atomic E-state index is 10.5. The lowest BCUT2D eigenvalue weighted by atomic mass is 10.4. The van der Waals surface area contributed by atoms with Gasteiger partial charge in [-0.15, -0.1) is 0 Å². The van der Waals surface area contributed by atoms with E-state index in [1.54, 1.807) is 6.20 Å². The Kier molecular flexibility index (Phi) is 3.36. The van der Waals surface area contributed by atoms with Crippen molar-refractivity contribution in [2.75, 3.05) is 5.75 Å². The fourth-order valence-corrected chi connectivity index (χ4v) is 1.77. The number of primary amides is 1. The maximum atomic E-state index is 10.5. The molecular weight excluding hydrogens is 186 g/mol. The van der Waals surface area contributed by atoms with E-state index in [9.17, 15) is 4.79 Å². The first-order valence-corrected chi connectivity index (χ1v) is 5.03. The molecule has 2 N–H and O–H groups in total. The van der Waals surface area contributed by atoms with Crippen molar-refractivity contribution >= 4 is 17.7 Å². The summed E-state index contributed by atoms with van der Waals surface area (Å²) in [5.74, 6) is -0.0349. The summed E-state index contributed by atoms with van der Waals surface area (Å²) in [6.45, 7) is 4.13. The van der Waals surface area contributed by atoms with Crippen molar-refractivity contribution < 1.29 is 4.79 Å². The monoisotopic (exact) mass is 199 g/mol. The van der Waals surface area contributed by atoms with E-state index < -0.39 is 0 Å². The summed E-state index contributed by atoms with van der Waals surface area (Å²) in [5.41, 5.74) is 5.04. The Labute approximate surface area is 81.5 Å². The predicted molar refractivity (Wildman–Crippen MR) is 52.5 cm³/mol. The third kappa shape index (κ3) is 2.77. The number of carbonyl (C=O) groups is 1. The van der Waals surface area contributed by atoms with Gasteiger partial charge >= 0.3 is 0 Å². The molecule has 0 spiro atoms. The normalized spacial score (nSPS) is 10.7. The number of rotatable bonds is 4. The van der Waals surface area contributed by atoms with E-state index in [1.807, 2.05) is 10.8 Å². The highest BCUT2D eigenvalue weighted by Crippen LogP contribution is 2.18. The molecule has 0 aliphatic heterocycles. The lowest BCUT2D eigenvalue weighted by molar-refractivity contribution is -0.115. The van der Waals surface area contributed by atoms with Gasteiger partial charge in [-0.25, -0.2) is 4.98 Å². The highest BCUT2D eigenvalue weighted by Gasteiger charge is 2.07. The number of aromatic nitrogens is 2. The number of amides is 1. The summed E-state index contributed by atoms with van der Waals surface area (Å²) in [4.78, 5) is 14.7. The van der Waals surface area contributed by atoms with Crippen LogP contribution < -0.4 is 5.73 Å².